The lowest BCUT2D eigenvalue weighted by Crippen LogP contribution is -2.23. The summed E-state index contributed by atoms with van der Waals surface area (Å²) in [4.78, 5) is 2.50. The maximum absolute atomic E-state index is 11.6. The Hall–Kier alpha value is -1.79. The van der Waals surface area contributed by atoms with Gasteiger partial charge in [-0.05, 0) is 99.1 Å². The van der Waals surface area contributed by atoms with E-state index in [1.165, 1.54) is 25.5 Å². The average Bonchev–Trinajstić information content (AvgIpc) is 2.89. The van der Waals surface area contributed by atoms with E-state index < -0.39 is 9.84 Å². The van der Waals surface area contributed by atoms with Crippen LogP contribution in [-0.4, -0.2) is 41.5 Å². The molecule has 0 aliphatic heterocycles. The van der Waals surface area contributed by atoms with Gasteiger partial charge >= 0.3 is 0 Å². The van der Waals surface area contributed by atoms with E-state index in [9.17, 15) is 8.42 Å². The van der Waals surface area contributed by atoms with Crippen LogP contribution in [0.4, 0.5) is 5.69 Å². The molecular formula is C30H35I2NO4S. The Balaban J connectivity index is 1.49. The molecule has 0 fully saturated rings. The lowest BCUT2D eigenvalue weighted by molar-refractivity contribution is 0.299. The van der Waals surface area contributed by atoms with E-state index >= 15 is 0 Å². The molecule has 0 saturated heterocycles. The Morgan fingerprint density at radius 1 is 0.789 bits per heavy atom. The lowest BCUT2D eigenvalue weighted by atomic mass is 10.1. The number of ether oxygens (including phenoxy) is 2. The summed E-state index contributed by atoms with van der Waals surface area (Å²) < 4.78 is 37.4. The van der Waals surface area contributed by atoms with Crippen molar-refractivity contribution in [3.8, 4) is 11.5 Å². The van der Waals surface area contributed by atoms with Gasteiger partial charge in [0.05, 0.1) is 25.2 Å². The number of benzene rings is 3. The number of nitrogens with zero attached hydrogens (tertiary/aromatic N) is 1. The topological polar surface area (TPSA) is 55.8 Å². The molecule has 0 amide bonds. The molecule has 38 heavy (non-hydrogen) atoms. The van der Waals surface area contributed by atoms with Crippen molar-refractivity contribution in [2.45, 2.75) is 37.5 Å². The van der Waals surface area contributed by atoms with Crippen LogP contribution in [0.3, 0.4) is 0 Å². The third-order valence-electron chi connectivity index (χ3n) is 6.04. The normalized spacial score (nSPS) is 11.6. The van der Waals surface area contributed by atoms with Gasteiger partial charge in [0.1, 0.15) is 18.1 Å². The summed E-state index contributed by atoms with van der Waals surface area (Å²) >= 11 is 4.63. The van der Waals surface area contributed by atoms with E-state index in [2.05, 4.69) is 100 Å². The Bertz CT molecular complexity index is 1310. The summed E-state index contributed by atoms with van der Waals surface area (Å²) in [7, 11) is -1.12. The molecule has 3 rings (SSSR count). The molecule has 3 aromatic carbocycles. The minimum atomic E-state index is -3.18. The van der Waals surface area contributed by atoms with Crippen LogP contribution < -0.4 is 14.4 Å². The summed E-state index contributed by atoms with van der Waals surface area (Å²) in [5.41, 5.74) is 3.13. The van der Waals surface area contributed by atoms with Crippen molar-refractivity contribution in [1.82, 2.24) is 0 Å². The van der Waals surface area contributed by atoms with E-state index in [0.29, 0.717) is 11.5 Å². The molecule has 0 saturated carbocycles. The molecular weight excluding hydrogens is 724 g/mol. The predicted octanol–water partition coefficient (Wildman–Crippen LogP) is 7.94. The SMILES string of the molecule is CCCCCCOc1cc(I)c(OCCN(C)c2ccc(/C=C/c3ccc(S(C)(=O)=O)cc3)cc2)cc1I. The fraction of sp³-hybridized carbons (Fsp3) is 0.333. The second-order valence-electron chi connectivity index (χ2n) is 9.16. The number of hydrogen-bond acceptors (Lipinski definition) is 5. The summed E-state index contributed by atoms with van der Waals surface area (Å²) in [6.45, 7) is 4.30. The summed E-state index contributed by atoms with van der Waals surface area (Å²) in [6.07, 6.45) is 9.99. The second kappa shape index (κ2) is 15.1. The van der Waals surface area contributed by atoms with Crippen molar-refractivity contribution in [1.29, 1.82) is 0 Å². The third kappa shape index (κ3) is 9.75. The van der Waals surface area contributed by atoms with Crippen LogP contribution in [-0.2, 0) is 9.84 Å². The van der Waals surface area contributed by atoms with Gasteiger partial charge in [-0.15, -0.1) is 0 Å². The van der Waals surface area contributed by atoms with Gasteiger partial charge in [-0.1, -0.05) is 62.6 Å². The van der Waals surface area contributed by atoms with Crippen LogP contribution in [0, 0.1) is 7.14 Å². The first-order chi connectivity index (χ1) is 18.2. The second-order valence-corrected chi connectivity index (χ2v) is 13.5. The maximum atomic E-state index is 11.6. The van der Waals surface area contributed by atoms with Gasteiger partial charge in [-0.2, -0.15) is 0 Å². The Labute approximate surface area is 254 Å². The van der Waals surface area contributed by atoms with Gasteiger partial charge in [0, 0.05) is 19.0 Å². The molecule has 8 heteroatoms. The molecule has 0 bridgehead atoms. The number of sulfone groups is 1. The minimum Gasteiger partial charge on any atom is -0.492 e. The van der Waals surface area contributed by atoms with Crippen molar-refractivity contribution < 1.29 is 17.9 Å². The monoisotopic (exact) mass is 759 g/mol. The van der Waals surface area contributed by atoms with Crippen molar-refractivity contribution in [2.24, 2.45) is 0 Å². The Morgan fingerprint density at radius 2 is 1.32 bits per heavy atom. The minimum absolute atomic E-state index is 0.328. The number of anilines is 1. The fourth-order valence-electron chi connectivity index (χ4n) is 3.72. The van der Waals surface area contributed by atoms with Crippen LogP contribution in [0.25, 0.3) is 12.2 Å². The number of likely N-dealkylation sites (N-methyl/N-ethyl adjacent to an activating group) is 1. The van der Waals surface area contributed by atoms with Crippen LogP contribution in [0.15, 0.2) is 65.6 Å². The first kappa shape index (κ1) is 30.7. The highest BCUT2D eigenvalue weighted by molar-refractivity contribution is 14.1. The van der Waals surface area contributed by atoms with Gasteiger partial charge in [0.25, 0.3) is 0 Å². The molecule has 0 atom stereocenters. The third-order valence-corrected chi connectivity index (χ3v) is 8.85. The van der Waals surface area contributed by atoms with E-state index in [1.54, 1.807) is 12.1 Å². The van der Waals surface area contributed by atoms with Gasteiger partial charge in [0.15, 0.2) is 9.84 Å². The fourth-order valence-corrected chi connectivity index (χ4v) is 5.54. The predicted molar refractivity (Wildman–Crippen MR) is 175 cm³/mol. The Morgan fingerprint density at radius 3 is 1.84 bits per heavy atom. The maximum Gasteiger partial charge on any atom is 0.175 e. The standard InChI is InChI=1S/C30H35I2NO4S/c1-4-5-6-7-19-36-29-21-28(32)30(22-27(29)31)37-20-18-33(2)25-14-10-23(11-15-25)8-9-24-12-16-26(17-13-24)38(3,34)35/h8-17,21-22H,4-7,18-20H2,1-3H3/b9-8+. The molecule has 0 unspecified atom stereocenters. The average molecular weight is 759 g/mol. The first-order valence-electron chi connectivity index (χ1n) is 12.7. The van der Waals surface area contributed by atoms with Crippen molar-refractivity contribution in [3.05, 3.63) is 78.9 Å². The molecule has 0 spiro atoms. The van der Waals surface area contributed by atoms with Crippen molar-refractivity contribution in [3.63, 3.8) is 0 Å². The highest BCUT2D eigenvalue weighted by Crippen LogP contribution is 2.31. The summed E-state index contributed by atoms with van der Waals surface area (Å²) in [5, 5.41) is 0. The number of rotatable bonds is 14. The molecule has 0 heterocycles. The number of hydrogen-bond donors (Lipinski definition) is 0. The molecule has 0 aliphatic carbocycles. The lowest BCUT2D eigenvalue weighted by Gasteiger charge is -2.20. The highest BCUT2D eigenvalue weighted by Gasteiger charge is 2.10. The van der Waals surface area contributed by atoms with E-state index in [1.807, 2.05) is 24.3 Å². The van der Waals surface area contributed by atoms with Crippen LogP contribution >= 0.6 is 45.2 Å². The smallest absolute Gasteiger partial charge is 0.175 e. The Kier molecular flexibility index (Phi) is 12.2. The quantitative estimate of drug-likeness (QED) is 0.0950. The molecule has 204 valence electrons. The van der Waals surface area contributed by atoms with Crippen molar-refractivity contribution in [2.75, 3.05) is 38.0 Å². The summed E-state index contributed by atoms with van der Waals surface area (Å²) in [5.74, 6) is 1.81. The number of unbranched alkanes of at least 4 members (excludes halogenated alkanes) is 3. The zero-order valence-corrected chi connectivity index (χ0v) is 27.3. The molecule has 5 nitrogen and oxygen atoms in total. The van der Waals surface area contributed by atoms with Gasteiger partial charge in [-0.25, -0.2) is 8.42 Å². The van der Waals surface area contributed by atoms with Crippen LogP contribution in [0.1, 0.15) is 43.7 Å². The zero-order chi connectivity index (χ0) is 27.5. The first-order valence-corrected chi connectivity index (χ1v) is 16.8. The summed E-state index contributed by atoms with van der Waals surface area (Å²) in [6, 6.07) is 19.3. The van der Waals surface area contributed by atoms with E-state index in [-0.39, 0.29) is 0 Å². The van der Waals surface area contributed by atoms with Crippen molar-refractivity contribution >= 4 is 72.9 Å². The van der Waals surface area contributed by atoms with Gasteiger partial charge < -0.3 is 14.4 Å². The molecule has 3 aromatic rings. The highest BCUT2D eigenvalue weighted by atomic mass is 127. The zero-order valence-electron chi connectivity index (χ0n) is 22.1. The van der Waals surface area contributed by atoms with E-state index in [4.69, 9.17) is 9.47 Å². The van der Waals surface area contributed by atoms with Crippen LogP contribution in [0.5, 0.6) is 11.5 Å². The van der Waals surface area contributed by atoms with Gasteiger partial charge in [-0.3, -0.25) is 0 Å². The largest absolute Gasteiger partial charge is 0.492 e. The molecule has 0 aromatic heterocycles. The van der Waals surface area contributed by atoms with Crippen LogP contribution in [0.2, 0.25) is 0 Å². The van der Waals surface area contributed by atoms with Gasteiger partial charge in [0.2, 0.25) is 0 Å². The van der Waals surface area contributed by atoms with E-state index in [0.717, 1.165) is 55.0 Å². The molecule has 0 radical (unpaired) electrons. The molecule has 0 aliphatic rings. The number of halogens is 2. The molecule has 0 N–H and O–H groups in total.